The molecule has 17 atom stereocenters. The number of aliphatic hydroxyl groups is 11. The summed E-state index contributed by atoms with van der Waals surface area (Å²) in [6, 6.07) is -0.874. The molecule has 62 heavy (non-hydrogen) atoms. The zero-order valence-electron chi connectivity index (χ0n) is 36.9. The van der Waals surface area contributed by atoms with E-state index in [1.54, 1.807) is 0 Å². The molecule has 3 heterocycles. The molecule has 3 aliphatic rings. The number of nitrogens with one attached hydrogen (secondary N) is 1. The molecule has 366 valence electrons. The summed E-state index contributed by atoms with van der Waals surface area (Å²) in [6.07, 6.45) is -6.86. The fraction of sp³-hybridized carbons (Fsp3) is 0.977. The Kier molecular flexibility index (Phi) is 26.8. The van der Waals surface area contributed by atoms with E-state index in [1.807, 2.05) is 0 Å². The first kappa shape index (κ1) is 55.1. The molecule has 0 aromatic heterocycles. The molecule has 3 aliphatic heterocycles. The van der Waals surface area contributed by atoms with Gasteiger partial charge in [-0.25, -0.2) is 0 Å². The van der Waals surface area contributed by atoms with Crippen molar-refractivity contribution in [2.45, 2.75) is 240 Å². The number of ether oxygens (including phenoxy) is 6. The molecule has 19 heteroatoms. The molecule has 19 nitrogen and oxygen atoms in total. The highest BCUT2D eigenvalue weighted by Gasteiger charge is 2.53. The number of unbranched alkanes of at least 4 members (excludes halogenated alkanes) is 15. The summed E-state index contributed by atoms with van der Waals surface area (Å²) in [5, 5.41) is 119. The van der Waals surface area contributed by atoms with Gasteiger partial charge in [0.15, 0.2) is 18.9 Å². The number of hydrogen-bond donors (Lipinski definition) is 12. The summed E-state index contributed by atoms with van der Waals surface area (Å²) in [7, 11) is 0. The maximum atomic E-state index is 13.0. The van der Waals surface area contributed by atoms with Crippen molar-refractivity contribution >= 4 is 5.91 Å². The summed E-state index contributed by atoms with van der Waals surface area (Å²) in [5.74, 6) is -0.253. The van der Waals surface area contributed by atoms with Gasteiger partial charge >= 0.3 is 0 Å². The van der Waals surface area contributed by atoms with Crippen LogP contribution in [0.15, 0.2) is 0 Å². The van der Waals surface area contributed by atoms with Gasteiger partial charge in [-0.15, -0.1) is 0 Å². The lowest BCUT2D eigenvalue weighted by Gasteiger charge is -2.48. The highest BCUT2D eigenvalue weighted by molar-refractivity contribution is 5.76. The molecule has 12 N–H and O–H groups in total. The molecule has 0 aromatic rings. The largest absolute Gasteiger partial charge is 0.394 e. The lowest BCUT2D eigenvalue weighted by Crippen LogP contribution is -2.66. The van der Waals surface area contributed by atoms with Crippen LogP contribution in [0.3, 0.4) is 0 Å². The fourth-order valence-corrected chi connectivity index (χ4v) is 8.19. The highest BCUT2D eigenvalue weighted by atomic mass is 16.8. The maximum absolute atomic E-state index is 13.0. The molecular formula is C43H81NO18. The lowest BCUT2D eigenvalue weighted by atomic mass is 9.96. The third-order valence-electron chi connectivity index (χ3n) is 12.2. The summed E-state index contributed by atoms with van der Waals surface area (Å²) in [4.78, 5) is 13.0. The lowest BCUT2D eigenvalue weighted by molar-refractivity contribution is -0.379. The zero-order valence-corrected chi connectivity index (χ0v) is 36.9. The summed E-state index contributed by atoms with van der Waals surface area (Å²) in [5.41, 5.74) is 0. The van der Waals surface area contributed by atoms with Crippen molar-refractivity contribution in [2.24, 2.45) is 0 Å². The molecule has 0 aromatic carbocycles. The van der Waals surface area contributed by atoms with E-state index >= 15 is 0 Å². The van der Waals surface area contributed by atoms with E-state index in [1.165, 1.54) is 57.8 Å². The van der Waals surface area contributed by atoms with Crippen LogP contribution in [0.4, 0.5) is 0 Å². The predicted octanol–water partition coefficient (Wildman–Crippen LogP) is -0.251. The number of carbonyl (C=O) groups excluding carboxylic acids is 1. The molecule has 0 spiro atoms. The second-order valence-electron chi connectivity index (χ2n) is 17.2. The number of aliphatic hydroxyl groups excluding tert-OH is 11. The Labute approximate surface area is 366 Å². The van der Waals surface area contributed by atoms with Crippen LogP contribution in [0.5, 0.6) is 0 Å². The van der Waals surface area contributed by atoms with E-state index in [0.29, 0.717) is 19.3 Å². The number of hydrogen-bond acceptors (Lipinski definition) is 18. The van der Waals surface area contributed by atoms with Crippen LogP contribution in [0.2, 0.25) is 0 Å². The fourth-order valence-electron chi connectivity index (χ4n) is 8.19. The summed E-state index contributed by atoms with van der Waals surface area (Å²) in [6.45, 7) is 1.60. The third-order valence-corrected chi connectivity index (χ3v) is 12.2. The minimum Gasteiger partial charge on any atom is -0.394 e. The monoisotopic (exact) mass is 900 g/mol. The number of amides is 1. The molecule has 3 fully saturated rings. The normalized spacial score (nSPS) is 35.1. The van der Waals surface area contributed by atoms with Gasteiger partial charge in [0.05, 0.1) is 38.6 Å². The Morgan fingerprint density at radius 1 is 0.516 bits per heavy atom. The highest BCUT2D eigenvalue weighted by Crippen LogP contribution is 2.33. The van der Waals surface area contributed by atoms with Crippen LogP contribution in [-0.2, 0) is 33.2 Å². The van der Waals surface area contributed by atoms with Gasteiger partial charge in [0.2, 0.25) is 5.91 Å². The van der Waals surface area contributed by atoms with Crippen molar-refractivity contribution in [1.29, 1.82) is 0 Å². The van der Waals surface area contributed by atoms with Crippen molar-refractivity contribution in [1.82, 2.24) is 5.32 Å². The number of rotatable bonds is 31. The first-order valence-corrected chi connectivity index (χ1v) is 23.3. The first-order chi connectivity index (χ1) is 29.8. The average molecular weight is 900 g/mol. The Morgan fingerprint density at radius 3 is 1.40 bits per heavy atom. The van der Waals surface area contributed by atoms with Gasteiger partial charge in [-0.3, -0.25) is 4.79 Å². The molecule has 3 saturated heterocycles. The molecule has 0 radical (unpaired) electrons. The van der Waals surface area contributed by atoms with E-state index in [9.17, 15) is 61.0 Å². The van der Waals surface area contributed by atoms with Crippen LogP contribution in [0.25, 0.3) is 0 Å². The molecule has 17 unspecified atom stereocenters. The molecule has 3 rings (SSSR count). The van der Waals surface area contributed by atoms with E-state index in [-0.39, 0.29) is 18.9 Å². The minimum absolute atomic E-state index is 0.253. The van der Waals surface area contributed by atoms with Gasteiger partial charge in [0.25, 0.3) is 0 Å². The van der Waals surface area contributed by atoms with Crippen molar-refractivity contribution in [2.75, 3.05) is 26.4 Å². The van der Waals surface area contributed by atoms with Gasteiger partial charge < -0.3 is 89.9 Å². The average Bonchev–Trinajstić information content (AvgIpc) is 3.27. The van der Waals surface area contributed by atoms with Gasteiger partial charge in [-0.2, -0.15) is 0 Å². The number of carbonyl (C=O) groups is 1. The van der Waals surface area contributed by atoms with Crippen LogP contribution >= 0.6 is 0 Å². The smallest absolute Gasteiger partial charge is 0.220 e. The SMILES string of the molecule is CCCCCCCCCCCCCCCC(=O)NC(COC1OC(CO)C(OC2OC(CO)C(OC3OC(CO)C(O)C(O)C3O)C(O)C2O)C(O)C1O)C(O)CCCCCC. The van der Waals surface area contributed by atoms with Gasteiger partial charge in [0.1, 0.15) is 73.2 Å². The van der Waals surface area contributed by atoms with E-state index in [4.69, 9.17) is 28.4 Å². The van der Waals surface area contributed by atoms with Crippen molar-refractivity contribution in [3.05, 3.63) is 0 Å². The van der Waals surface area contributed by atoms with Crippen LogP contribution in [0, 0.1) is 0 Å². The molecule has 1 amide bonds. The van der Waals surface area contributed by atoms with Crippen LogP contribution < -0.4 is 5.32 Å². The second kappa shape index (κ2) is 30.1. The van der Waals surface area contributed by atoms with E-state index < -0.39 is 124 Å². The van der Waals surface area contributed by atoms with Gasteiger partial charge in [-0.05, 0) is 12.8 Å². The molecule has 0 bridgehead atoms. The van der Waals surface area contributed by atoms with Crippen molar-refractivity contribution in [3.8, 4) is 0 Å². The van der Waals surface area contributed by atoms with Gasteiger partial charge in [-0.1, -0.05) is 117 Å². The molecular weight excluding hydrogens is 818 g/mol. The first-order valence-electron chi connectivity index (χ1n) is 23.3. The predicted molar refractivity (Wildman–Crippen MR) is 222 cm³/mol. The molecule has 0 aliphatic carbocycles. The summed E-state index contributed by atoms with van der Waals surface area (Å²) >= 11 is 0. The topological polar surface area (TPSA) is 307 Å². The van der Waals surface area contributed by atoms with Gasteiger partial charge in [0, 0.05) is 6.42 Å². The van der Waals surface area contributed by atoms with Crippen LogP contribution in [0.1, 0.15) is 136 Å². The Bertz CT molecular complexity index is 1170. The third kappa shape index (κ3) is 17.2. The minimum atomic E-state index is -1.96. The standard InChI is InChI=1S/C43H81NO18/c1-3-5-7-9-10-11-12-13-14-15-16-17-19-21-31(49)44-26(27(48)20-18-8-6-4-2)25-57-41-37(55)34(52)39(29(23-46)59-41)62-43-38(56)35(53)40(30(24-47)60-43)61-42-36(54)33(51)32(50)28(22-45)58-42/h26-30,32-43,45-48,50-56H,3-25H2,1-2H3,(H,44,49). The van der Waals surface area contributed by atoms with Crippen molar-refractivity contribution in [3.63, 3.8) is 0 Å². The Hall–Kier alpha value is -1.21. The van der Waals surface area contributed by atoms with Crippen molar-refractivity contribution < 1.29 is 89.4 Å². The van der Waals surface area contributed by atoms with Crippen LogP contribution in [-0.4, -0.2) is 193 Å². The Morgan fingerprint density at radius 2 is 0.919 bits per heavy atom. The summed E-state index contributed by atoms with van der Waals surface area (Å²) < 4.78 is 33.9. The van der Waals surface area contributed by atoms with E-state index in [0.717, 1.165) is 38.5 Å². The Balaban J connectivity index is 1.53. The second-order valence-corrected chi connectivity index (χ2v) is 17.2. The maximum Gasteiger partial charge on any atom is 0.220 e. The molecule has 0 saturated carbocycles. The zero-order chi connectivity index (χ0) is 45.6. The van der Waals surface area contributed by atoms with E-state index in [2.05, 4.69) is 19.2 Å². The quantitative estimate of drug-likeness (QED) is 0.0399.